The highest BCUT2D eigenvalue weighted by Gasteiger charge is 2.40. The van der Waals surface area contributed by atoms with E-state index in [1.165, 1.54) is 17.1 Å². The van der Waals surface area contributed by atoms with Crippen molar-refractivity contribution in [1.29, 1.82) is 0 Å². The Morgan fingerprint density at radius 1 is 1.09 bits per heavy atom. The van der Waals surface area contributed by atoms with Gasteiger partial charge in [0, 0.05) is 12.2 Å². The van der Waals surface area contributed by atoms with Crippen molar-refractivity contribution in [3.63, 3.8) is 0 Å². The van der Waals surface area contributed by atoms with Gasteiger partial charge in [-0.15, -0.1) is 0 Å². The molecular weight excluding hydrogens is 282 g/mol. The van der Waals surface area contributed by atoms with Gasteiger partial charge in [0.15, 0.2) is 0 Å². The molecule has 1 aliphatic carbocycles. The number of hydrogen-bond acceptors (Lipinski definition) is 4. The van der Waals surface area contributed by atoms with Gasteiger partial charge in [0.25, 0.3) is 11.8 Å². The quantitative estimate of drug-likeness (QED) is 0.626. The first-order chi connectivity index (χ1) is 10.6. The lowest BCUT2D eigenvalue weighted by Crippen LogP contribution is -2.45. The van der Waals surface area contributed by atoms with Crippen molar-refractivity contribution >= 4 is 17.8 Å². The van der Waals surface area contributed by atoms with Crippen LogP contribution in [0.15, 0.2) is 42.5 Å². The Hall–Kier alpha value is -2.43. The Labute approximate surface area is 128 Å². The smallest absolute Gasteiger partial charge is 0.310 e. The van der Waals surface area contributed by atoms with Gasteiger partial charge in [-0.1, -0.05) is 30.3 Å². The normalized spacial score (nSPS) is 24.1. The predicted octanol–water partition coefficient (Wildman–Crippen LogP) is 1.62. The van der Waals surface area contributed by atoms with Gasteiger partial charge in [0.2, 0.25) is 0 Å². The van der Waals surface area contributed by atoms with Crippen LogP contribution in [0.1, 0.15) is 24.8 Å². The monoisotopic (exact) mass is 299 g/mol. The van der Waals surface area contributed by atoms with E-state index in [0.29, 0.717) is 12.8 Å². The summed E-state index contributed by atoms with van der Waals surface area (Å²) in [5.74, 6) is -0.961. The Morgan fingerprint density at radius 3 is 2.45 bits per heavy atom. The highest BCUT2D eigenvalue weighted by Crippen LogP contribution is 2.29. The lowest BCUT2D eigenvalue weighted by Gasteiger charge is -2.27. The zero-order valence-electron chi connectivity index (χ0n) is 12.1. The van der Waals surface area contributed by atoms with Crippen molar-refractivity contribution in [3.05, 3.63) is 48.0 Å². The zero-order chi connectivity index (χ0) is 15.5. The number of benzene rings is 1. The number of nitrogens with zero attached hydrogens (tertiary/aromatic N) is 1. The van der Waals surface area contributed by atoms with Crippen LogP contribution >= 0.6 is 0 Å². The maximum absolute atomic E-state index is 12.1. The van der Waals surface area contributed by atoms with E-state index < -0.39 is 6.10 Å². The second-order valence-corrected chi connectivity index (χ2v) is 5.57. The van der Waals surface area contributed by atoms with E-state index in [9.17, 15) is 14.4 Å². The van der Waals surface area contributed by atoms with E-state index in [0.717, 1.165) is 12.0 Å². The first-order valence-electron chi connectivity index (χ1n) is 7.44. The molecule has 114 valence electrons. The van der Waals surface area contributed by atoms with Crippen molar-refractivity contribution in [2.45, 2.75) is 37.8 Å². The van der Waals surface area contributed by atoms with Crippen LogP contribution < -0.4 is 0 Å². The molecule has 3 rings (SSSR count). The van der Waals surface area contributed by atoms with Crippen LogP contribution in [0.2, 0.25) is 0 Å². The maximum Gasteiger partial charge on any atom is 0.310 e. The van der Waals surface area contributed by atoms with Crippen LogP contribution in [-0.2, 0) is 25.5 Å². The molecule has 1 aromatic rings. The van der Waals surface area contributed by atoms with E-state index in [-0.39, 0.29) is 30.2 Å². The summed E-state index contributed by atoms with van der Waals surface area (Å²) in [4.78, 5) is 36.8. The number of ether oxygens (including phenoxy) is 1. The summed E-state index contributed by atoms with van der Waals surface area (Å²) in [6.45, 7) is 0. The molecule has 0 spiro atoms. The molecule has 1 heterocycles. The second kappa shape index (κ2) is 6.13. The minimum absolute atomic E-state index is 0.199. The Balaban J connectivity index is 1.63. The summed E-state index contributed by atoms with van der Waals surface area (Å²) in [6, 6.07) is 9.02. The van der Waals surface area contributed by atoms with E-state index in [4.69, 9.17) is 4.74 Å². The lowest BCUT2D eigenvalue weighted by molar-refractivity contribution is -0.155. The standard InChI is InChI=1S/C17H17NO4/c19-15-9-10-16(20)18(15)13-7-4-8-14(13)22-17(21)11-12-5-2-1-3-6-12/h1-3,5-6,9-10,13-14H,4,7-8,11H2/t13-,14-/m0/s1. The Bertz CT molecular complexity index is 605. The maximum atomic E-state index is 12.1. The molecule has 2 amide bonds. The summed E-state index contributed by atoms with van der Waals surface area (Å²) < 4.78 is 5.52. The number of amides is 2. The summed E-state index contributed by atoms with van der Waals surface area (Å²) in [5, 5.41) is 0. The molecule has 2 atom stereocenters. The van der Waals surface area contributed by atoms with Gasteiger partial charge in [0.05, 0.1) is 12.5 Å². The summed E-state index contributed by atoms with van der Waals surface area (Å²) in [5.41, 5.74) is 0.886. The van der Waals surface area contributed by atoms with Gasteiger partial charge in [-0.3, -0.25) is 19.3 Å². The van der Waals surface area contributed by atoms with Gasteiger partial charge in [0.1, 0.15) is 6.10 Å². The van der Waals surface area contributed by atoms with Crippen molar-refractivity contribution in [1.82, 2.24) is 4.90 Å². The van der Waals surface area contributed by atoms with Gasteiger partial charge >= 0.3 is 5.97 Å². The third kappa shape index (κ3) is 2.93. The van der Waals surface area contributed by atoms with Crippen LogP contribution in [0.5, 0.6) is 0 Å². The molecule has 22 heavy (non-hydrogen) atoms. The molecular formula is C17H17NO4. The molecule has 0 aromatic heterocycles. The molecule has 0 saturated heterocycles. The average molecular weight is 299 g/mol. The van der Waals surface area contributed by atoms with Crippen molar-refractivity contribution < 1.29 is 19.1 Å². The first kappa shape index (κ1) is 14.5. The molecule has 1 fully saturated rings. The molecule has 1 aliphatic heterocycles. The van der Waals surface area contributed by atoms with E-state index >= 15 is 0 Å². The number of imide groups is 1. The van der Waals surface area contributed by atoms with E-state index in [1.54, 1.807) is 0 Å². The number of carbonyl (C=O) groups is 3. The fraction of sp³-hybridized carbons (Fsp3) is 0.353. The Morgan fingerprint density at radius 2 is 1.77 bits per heavy atom. The molecule has 0 unspecified atom stereocenters. The number of carbonyl (C=O) groups excluding carboxylic acids is 3. The third-order valence-corrected chi connectivity index (χ3v) is 4.07. The summed E-state index contributed by atoms with van der Waals surface area (Å²) >= 11 is 0. The SMILES string of the molecule is O=C(Cc1ccccc1)O[C@H]1CCC[C@@H]1N1C(=O)C=CC1=O. The van der Waals surface area contributed by atoms with Crippen LogP contribution in [-0.4, -0.2) is 34.8 Å². The second-order valence-electron chi connectivity index (χ2n) is 5.57. The average Bonchev–Trinajstić information content (AvgIpc) is 3.06. The minimum Gasteiger partial charge on any atom is -0.460 e. The van der Waals surface area contributed by atoms with Gasteiger partial charge < -0.3 is 4.74 Å². The van der Waals surface area contributed by atoms with Gasteiger partial charge in [-0.25, -0.2) is 0 Å². The fourth-order valence-corrected chi connectivity index (χ4v) is 3.05. The third-order valence-electron chi connectivity index (χ3n) is 4.07. The molecule has 1 aromatic carbocycles. The summed E-state index contributed by atoms with van der Waals surface area (Å²) in [7, 11) is 0. The van der Waals surface area contributed by atoms with Gasteiger partial charge in [-0.2, -0.15) is 0 Å². The van der Waals surface area contributed by atoms with Crippen LogP contribution in [0.3, 0.4) is 0 Å². The number of rotatable bonds is 4. The molecule has 0 radical (unpaired) electrons. The van der Waals surface area contributed by atoms with Crippen LogP contribution in [0, 0.1) is 0 Å². The molecule has 0 bridgehead atoms. The largest absolute Gasteiger partial charge is 0.460 e. The molecule has 0 N–H and O–H groups in total. The van der Waals surface area contributed by atoms with Crippen molar-refractivity contribution in [2.24, 2.45) is 0 Å². The summed E-state index contributed by atoms with van der Waals surface area (Å²) in [6.07, 6.45) is 4.54. The molecule has 1 saturated carbocycles. The van der Waals surface area contributed by atoms with Gasteiger partial charge in [-0.05, 0) is 24.8 Å². The number of hydrogen-bond donors (Lipinski definition) is 0. The van der Waals surface area contributed by atoms with E-state index in [1.807, 2.05) is 30.3 Å². The number of esters is 1. The topological polar surface area (TPSA) is 63.7 Å². The van der Waals surface area contributed by atoms with Crippen molar-refractivity contribution in [2.75, 3.05) is 0 Å². The highest BCUT2D eigenvalue weighted by atomic mass is 16.5. The molecule has 5 nitrogen and oxygen atoms in total. The molecule has 5 heteroatoms. The first-order valence-corrected chi connectivity index (χ1v) is 7.44. The minimum atomic E-state index is -0.399. The lowest BCUT2D eigenvalue weighted by atomic mass is 10.1. The van der Waals surface area contributed by atoms with Crippen molar-refractivity contribution in [3.8, 4) is 0 Å². The fourth-order valence-electron chi connectivity index (χ4n) is 3.05. The van der Waals surface area contributed by atoms with E-state index in [2.05, 4.69) is 0 Å². The predicted molar refractivity (Wildman–Crippen MR) is 78.7 cm³/mol. The Kier molecular flexibility index (Phi) is 4.04. The van der Waals surface area contributed by atoms with Crippen LogP contribution in [0.25, 0.3) is 0 Å². The van der Waals surface area contributed by atoms with Crippen LogP contribution in [0.4, 0.5) is 0 Å². The highest BCUT2D eigenvalue weighted by molar-refractivity contribution is 6.13. The molecule has 2 aliphatic rings. The zero-order valence-corrected chi connectivity index (χ0v) is 12.1.